The highest BCUT2D eigenvalue weighted by Crippen LogP contribution is 2.32. The van der Waals surface area contributed by atoms with Crippen molar-refractivity contribution in [3.8, 4) is 11.5 Å². The largest absolute Gasteiger partial charge is 0.490 e. The second-order valence-electron chi connectivity index (χ2n) is 6.66. The Labute approximate surface area is 179 Å². The summed E-state index contributed by atoms with van der Waals surface area (Å²) in [6.45, 7) is 6.46. The summed E-state index contributed by atoms with van der Waals surface area (Å²) in [5, 5.41) is 2.57. The number of esters is 1. The van der Waals surface area contributed by atoms with E-state index in [9.17, 15) is 14.4 Å². The van der Waals surface area contributed by atoms with Gasteiger partial charge in [0.1, 0.15) is 11.5 Å². The third-order valence-corrected chi connectivity index (χ3v) is 4.56. The molecule has 2 aromatic rings. The summed E-state index contributed by atoms with van der Waals surface area (Å²) < 4.78 is 21.2. The van der Waals surface area contributed by atoms with Crippen molar-refractivity contribution in [3.63, 3.8) is 0 Å². The molecule has 1 aromatic heterocycles. The third kappa shape index (κ3) is 4.71. The van der Waals surface area contributed by atoms with Crippen LogP contribution in [-0.4, -0.2) is 43.1 Å². The SMILES string of the molecule is CCOc1cc(C)c(C=C2NC(=O)N(Cc3ccc(C(=O)OC)o3)C2=O)cc1OCC. The molecule has 0 spiro atoms. The van der Waals surface area contributed by atoms with Crippen LogP contribution in [-0.2, 0) is 16.1 Å². The topological polar surface area (TPSA) is 107 Å². The summed E-state index contributed by atoms with van der Waals surface area (Å²) >= 11 is 0. The molecule has 0 saturated carbocycles. The van der Waals surface area contributed by atoms with E-state index >= 15 is 0 Å². The molecule has 31 heavy (non-hydrogen) atoms. The smallest absolute Gasteiger partial charge is 0.373 e. The van der Waals surface area contributed by atoms with Crippen molar-refractivity contribution in [3.05, 3.63) is 52.6 Å². The van der Waals surface area contributed by atoms with Crippen molar-refractivity contribution in [2.75, 3.05) is 20.3 Å². The lowest BCUT2D eigenvalue weighted by Crippen LogP contribution is -2.30. The van der Waals surface area contributed by atoms with E-state index in [0.29, 0.717) is 30.3 Å². The first-order chi connectivity index (χ1) is 14.9. The van der Waals surface area contributed by atoms with Gasteiger partial charge in [-0.05, 0) is 62.2 Å². The summed E-state index contributed by atoms with van der Waals surface area (Å²) in [5.41, 5.74) is 1.69. The molecule has 0 bridgehead atoms. The van der Waals surface area contributed by atoms with Gasteiger partial charge in [0.2, 0.25) is 5.76 Å². The van der Waals surface area contributed by atoms with Gasteiger partial charge in [-0.1, -0.05) is 0 Å². The van der Waals surface area contributed by atoms with Crippen LogP contribution in [0.3, 0.4) is 0 Å². The normalized spacial score (nSPS) is 14.7. The summed E-state index contributed by atoms with van der Waals surface area (Å²) in [4.78, 5) is 37.7. The zero-order valence-electron chi connectivity index (χ0n) is 17.8. The lowest BCUT2D eigenvalue weighted by Gasteiger charge is -2.13. The standard InChI is InChI=1S/C22H24N2O7/c1-5-29-18-9-13(3)14(11-19(18)30-6-2)10-16-20(25)24(22(27)23-16)12-15-7-8-17(31-15)21(26)28-4/h7-11H,5-6,12H2,1-4H3,(H,23,27). The molecule has 2 heterocycles. The van der Waals surface area contributed by atoms with Crippen LogP contribution in [0.5, 0.6) is 11.5 Å². The predicted octanol–water partition coefficient (Wildman–Crippen LogP) is 3.26. The number of furan rings is 1. The number of benzene rings is 1. The quantitative estimate of drug-likeness (QED) is 0.391. The van der Waals surface area contributed by atoms with E-state index < -0.39 is 17.9 Å². The second kappa shape index (κ2) is 9.38. The van der Waals surface area contributed by atoms with Gasteiger partial charge in [0, 0.05) is 0 Å². The number of methoxy groups -OCH3 is 1. The molecule has 9 heteroatoms. The van der Waals surface area contributed by atoms with E-state index in [2.05, 4.69) is 10.1 Å². The summed E-state index contributed by atoms with van der Waals surface area (Å²) in [5.74, 6) is 0.301. The Bertz CT molecular complexity index is 1040. The molecule has 1 aliphatic rings. The molecule has 1 fully saturated rings. The van der Waals surface area contributed by atoms with Gasteiger partial charge in [-0.25, -0.2) is 9.59 Å². The maximum atomic E-state index is 12.8. The van der Waals surface area contributed by atoms with Gasteiger partial charge in [0.15, 0.2) is 11.5 Å². The minimum Gasteiger partial charge on any atom is -0.490 e. The van der Waals surface area contributed by atoms with Crippen molar-refractivity contribution in [1.82, 2.24) is 10.2 Å². The lowest BCUT2D eigenvalue weighted by atomic mass is 10.1. The highest BCUT2D eigenvalue weighted by atomic mass is 16.5. The Morgan fingerprint density at radius 3 is 2.45 bits per heavy atom. The minimum absolute atomic E-state index is 0.00575. The number of amides is 3. The zero-order valence-corrected chi connectivity index (χ0v) is 17.8. The number of hydrogen-bond acceptors (Lipinski definition) is 7. The Hall–Kier alpha value is -3.75. The summed E-state index contributed by atoms with van der Waals surface area (Å²) in [6.07, 6.45) is 1.59. The third-order valence-electron chi connectivity index (χ3n) is 4.56. The zero-order chi connectivity index (χ0) is 22.5. The van der Waals surface area contributed by atoms with Crippen molar-refractivity contribution in [2.45, 2.75) is 27.3 Å². The number of nitrogens with zero attached hydrogens (tertiary/aromatic N) is 1. The van der Waals surface area contributed by atoms with Crippen molar-refractivity contribution >= 4 is 24.0 Å². The van der Waals surface area contributed by atoms with Gasteiger partial charge in [0.25, 0.3) is 5.91 Å². The predicted molar refractivity (Wildman–Crippen MR) is 111 cm³/mol. The highest BCUT2D eigenvalue weighted by Gasteiger charge is 2.34. The first-order valence-electron chi connectivity index (χ1n) is 9.79. The van der Waals surface area contributed by atoms with Crippen LogP contribution in [0.4, 0.5) is 4.79 Å². The number of imide groups is 1. The molecule has 0 radical (unpaired) electrons. The van der Waals surface area contributed by atoms with Crippen LogP contribution in [0.2, 0.25) is 0 Å². The molecule has 9 nitrogen and oxygen atoms in total. The fraction of sp³-hybridized carbons (Fsp3) is 0.318. The maximum Gasteiger partial charge on any atom is 0.373 e. The van der Waals surface area contributed by atoms with Gasteiger partial charge in [-0.15, -0.1) is 0 Å². The van der Waals surface area contributed by atoms with E-state index in [-0.39, 0.29) is 23.8 Å². The molecule has 0 unspecified atom stereocenters. The molecule has 1 saturated heterocycles. The molecule has 1 N–H and O–H groups in total. The number of ether oxygens (including phenoxy) is 3. The van der Waals surface area contributed by atoms with Crippen molar-refractivity contribution in [2.24, 2.45) is 0 Å². The van der Waals surface area contributed by atoms with E-state index in [1.807, 2.05) is 26.8 Å². The van der Waals surface area contributed by atoms with E-state index in [4.69, 9.17) is 13.9 Å². The Balaban J connectivity index is 1.83. The number of urea groups is 1. The Morgan fingerprint density at radius 2 is 1.81 bits per heavy atom. The van der Waals surface area contributed by atoms with Crippen LogP contribution < -0.4 is 14.8 Å². The Kier molecular flexibility index (Phi) is 6.64. The van der Waals surface area contributed by atoms with Gasteiger partial charge in [-0.2, -0.15) is 0 Å². The molecular formula is C22H24N2O7. The molecule has 0 atom stereocenters. The van der Waals surface area contributed by atoms with Crippen LogP contribution in [0, 0.1) is 6.92 Å². The fourth-order valence-electron chi connectivity index (χ4n) is 3.07. The Morgan fingerprint density at radius 1 is 1.13 bits per heavy atom. The van der Waals surface area contributed by atoms with Gasteiger partial charge in [-0.3, -0.25) is 9.69 Å². The molecule has 3 rings (SSSR count). The number of rotatable bonds is 8. The van der Waals surface area contributed by atoms with Crippen LogP contribution in [0.25, 0.3) is 6.08 Å². The summed E-state index contributed by atoms with van der Waals surface area (Å²) in [6, 6.07) is 5.96. The van der Waals surface area contributed by atoms with Gasteiger partial charge < -0.3 is 23.9 Å². The highest BCUT2D eigenvalue weighted by molar-refractivity contribution is 6.14. The van der Waals surface area contributed by atoms with Gasteiger partial charge >= 0.3 is 12.0 Å². The summed E-state index contributed by atoms with van der Waals surface area (Å²) in [7, 11) is 1.24. The average Bonchev–Trinajstić information content (AvgIpc) is 3.31. The first kappa shape index (κ1) is 21.9. The molecule has 3 amide bonds. The first-order valence-corrected chi connectivity index (χ1v) is 9.79. The molecule has 0 aliphatic carbocycles. The maximum absolute atomic E-state index is 12.8. The van der Waals surface area contributed by atoms with E-state index in [1.54, 1.807) is 12.1 Å². The molecule has 1 aromatic carbocycles. The fourth-order valence-corrected chi connectivity index (χ4v) is 3.07. The number of hydrogen-bond donors (Lipinski definition) is 1. The molecule has 1 aliphatic heterocycles. The molecular weight excluding hydrogens is 404 g/mol. The van der Waals surface area contributed by atoms with E-state index in [0.717, 1.165) is 10.5 Å². The lowest BCUT2D eigenvalue weighted by molar-refractivity contribution is -0.123. The number of carbonyl (C=O) groups excluding carboxylic acids is 3. The van der Waals surface area contributed by atoms with Crippen molar-refractivity contribution < 1.29 is 33.0 Å². The number of nitrogens with one attached hydrogen (secondary N) is 1. The number of carbonyl (C=O) groups is 3. The van der Waals surface area contributed by atoms with Crippen LogP contribution in [0.15, 0.2) is 34.4 Å². The van der Waals surface area contributed by atoms with Crippen LogP contribution in [0.1, 0.15) is 41.3 Å². The monoisotopic (exact) mass is 428 g/mol. The number of aryl methyl sites for hydroxylation is 1. The van der Waals surface area contributed by atoms with Crippen LogP contribution >= 0.6 is 0 Å². The van der Waals surface area contributed by atoms with Crippen molar-refractivity contribution in [1.29, 1.82) is 0 Å². The van der Waals surface area contributed by atoms with Gasteiger partial charge in [0.05, 0.1) is 26.9 Å². The second-order valence-corrected chi connectivity index (χ2v) is 6.66. The van der Waals surface area contributed by atoms with E-state index in [1.165, 1.54) is 19.2 Å². The minimum atomic E-state index is -0.639. The average molecular weight is 428 g/mol. The molecule has 164 valence electrons.